The van der Waals surface area contributed by atoms with Crippen LogP contribution in [0.15, 0.2) is 30.9 Å². The van der Waals surface area contributed by atoms with Crippen molar-refractivity contribution >= 4 is 10.9 Å². The Bertz CT molecular complexity index is 920. The zero-order valence-corrected chi connectivity index (χ0v) is 15.2. The van der Waals surface area contributed by atoms with Gasteiger partial charge in [-0.3, -0.25) is 5.10 Å². The van der Waals surface area contributed by atoms with Gasteiger partial charge in [-0.2, -0.15) is 5.10 Å². The molecule has 1 unspecified atom stereocenters. The van der Waals surface area contributed by atoms with Gasteiger partial charge in [0.15, 0.2) is 0 Å². The maximum atomic E-state index is 9.82. The van der Waals surface area contributed by atoms with Crippen LogP contribution in [0.25, 0.3) is 22.0 Å². The Morgan fingerprint density at radius 1 is 1.36 bits per heavy atom. The van der Waals surface area contributed by atoms with Crippen LogP contribution in [0.4, 0.5) is 0 Å². The van der Waals surface area contributed by atoms with Crippen molar-refractivity contribution in [2.45, 2.75) is 52.2 Å². The minimum Gasteiger partial charge on any atom is -0.378 e. The number of H-pyrrole nitrogens is 1. The molecule has 0 aromatic carbocycles. The zero-order valence-electron chi connectivity index (χ0n) is 15.2. The summed E-state index contributed by atoms with van der Waals surface area (Å²) >= 11 is 0. The van der Waals surface area contributed by atoms with Crippen molar-refractivity contribution in [2.24, 2.45) is 0 Å². The molecule has 3 aromatic rings. The molecule has 3 rings (SSSR count). The number of fused-ring (bicyclic) bond motifs is 1. The van der Waals surface area contributed by atoms with Gasteiger partial charge in [0.2, 0.25) is 0 Å². The predicted octanol–water partition coefficient (Wildman–Crippen LogP) is 3.91. The van der Waals surface area contributed by atoms with E-state index in [1.54, 1.807) is 13.8 Å². The molecule has 0 amide bonds. The van der Waals surface area contributed by atoms with Gasteiger partial charge in [0.25, 0.3) is 0 Å². The lowest BCUT2D eigenvalue weighted by atomic mass is 10.1. The Kier molecular flexibility index (Phi) is 4.65. The van der Waals surface area contributed by atoms with Crippen molar-refractivity contribution in [1.29, 1.82) is 0 Å². The van der Waals surface area contributed by atoms with Crippen LogP contribution in [-0.2, 0) is 0 Å². The van der Waals surface area contributed by atoms with Crippen molar-refractivity contribution in [2.75, 3.05) is 0 Å². The Morgan fingerprint density at radius 3 is 2.80 bits per heavy atom. The van der Waals surface area contributed by atoms with E-state index in [9.17, 15) is 5.11 Å². The second-order valence-corrected chi connectivity index (χ2v) is 6.97. The monoisotopic (exact) mass is 336 g/mol. The third-order valence-electron chi connectivity index (χ3n) is 4.21. The summed E-state index contributed by atoms with van der Waals surface area (Å²) in [6.45, 7) is 7.75. The summed E-state index contributed by atoms with van der Waals surface area (Å²) in [5, 5.41) is 17.9. The van der Waals surface area contributed by atoms with E-state index in [-0.39, 0.29) is 0 Å². The highest BCUT2D eigenvalue weighted by Crippen LogP contribution is 2.33. The van der Waals surface area contributed by atoms with Gasteiger partial charge in [0.1, 0.15) is 11.3 Å². The Morgan fingerprint density at radius 2 is 2.16 bits per heavy atom. The van der Waals surface area contributed by atoms with Crippen molar-refractivity contribution < 1.29 is 5.11 Å². The third-order valence-corrected chi connectivity index (χ3v) is 4.21. The Balaban J connectivity index is 2.16. The summed E-state index contributed by atoms with van der Waals surface area (Å²) in [6, 6.07) is 2.38. The van der Waals surface area contributed by atoms with Gasteiger partial charge in [-0.25, -0.2) is 4.98 Å². The van der Waals surface area contributed by atoms with Crippen molar-refractivity contribution in [1.82, 2.24) is 19.7 Å². The van der Waals surface area contributed by atoms with Crippen LogP contribution in [0.5, 0.6) is 0 Å². The summed E-state index contributed by atoms with van der Waals surface area (Å²) in [7, 11) is 0. The molecule has 3 aromatic heterocycles. The topological polar surface area (TPSA) is 66.7 Å². The molecular formula is C20H24N4O. The molecule has 0 spiro atoms. The van der Waals surface area contributed by atoms with Crippen LogP contribution >= 0.6 is 0 Å². The number of nitrogens with one attached hydrogen (secondary N) is 1. The number of pyridine rings is 1. The van der Waals surface area contributed by atoms with E-state index < -0.39 is 5.60 Å². The van der Waals surface area contributed by atoms with Crippen LogP contribution < -0.4 is 0 Å². The number of rotatable bonds is 4. The summed E-state index contributed by atoms with van der Waals surface area (Å²) in [6.07, 6.45) is 10.0. The van der Waals surface area contributed by atoms with Gasteiger partial charge in [-0.15, -0.1) is 0 Å². The van der Waals surface area contributed by atoms with Crippen molar-refractivity contribution in [3.8, 4) is 23.0 Å². The minimum absolute atomic E-state index is 0.392. The molecule has 0 fully saturated rings. The van der Waals surface area contributed by atoms with Gasteiger partial charge in [0, 0.05) is 34.9 Å². The molecule has 5 nitrogen and oxygen atoms in total. The predicted molar refractivity (Wildman–Crippen MR) is 100 cm³/mol. The van der Waals surface area contributed by atoms with Crippen molar-refractivity contribution in [3.63, 3.8) is 0 Å². The van der Waals surface area contributed by atoms with Gasteiger partial charge < -0.3 is 9.67 Å². The molecule has 0 radical (unpaired) electrons. The van der Waals surface area contributed by atoms with E-state index in [0.717, 1.165) is 34.9 Å². The molecule has 2 N–H and O–H groups in total. The van der Waals surface area contributed by atoms with Crippen molar-refractivity contribution in [3.05, 3.63) is 36.5 Å². The maximum absolute atomic E-state index is 9.82. The highest BCUT2D eigenvalue weighted by Gasteiger charge is 2.15. The molecule has 0 saturated carbocycles. The van der Waals surface area contributed by atoms with E-state index in [0.29, 0.717) is 11.7 Å². The zero-order chi connectivity index (χ0) is 18.0. The summed E-state index contributed by atoms with van der Waals surface area (Å²) < 4.78 is 2.28. The number of aliphatic hydroxyl groups is 1. The molecule has 25 heavy (non-hydrogen) atoms. The first-order valence-electron chi connectivity index (χ1n) is 8.64. The highest BCUT2D eigenvalue weighted by atomic mass is 16.3. The molecule has 0 aliphatic heterocycles. The normalized spacial score (nSPS) is 12.8. The minimum atomic E-state index is -1.04. The smallest absolute Gasteiger partial charge is 0.120 e. The number of hydrogen-bond donors (Lipinski definition) is 2. The second-order valence-electron chi connectivity index (χ2n) is 6.97. The fourth-order valence-electron chi connectivity index (χ4n) is 2.98. The fraction of sp³-hybridized carbons (Fsp3) is 0.400. The highest BCUT2D eigenvalue weighted by molar-refractivity contribution is 5.96. The number of hydrogen-bond acceptors (Lipinski definition) is 3. The SMILES string of the molecule is CCCC(C)n1cc(-c2cn[nH]c2)c2cc(C#CC(C)(C)O)ncc21. The number of nitrogens with zero attached hydrogens (tertiary/aromatic N) is 3. The lowest BCUT2D eigenvalue weighted by molar-refractivity contribution is 0.143. The lowest BCUT2D eigenvalue weighted by Gasteiger charge is -2.13. The maximum Gasteiger partial charge on any atom is 0.120 e. The van der Waals surface area contributed by atoms with Crippen LogP contribution in [0.2, 0.25) is 0 Å². The first-order valence-corrected chi connectivity index (χ1v) is 8.64. The van der Waals surface area contributed by atoms with E-state index in [2.05, 4.69) is 51.6 Å². The van der Waals surface area contributed by atoms with E-state index in [4.69, 9.17) is 0 Å². The van der Waals surface area contributed by atoms with Gasteiger partial charge in [-0.05, 0) is 39.2 Å². The molecule has 3 heterocycles. The number of aromatic amines is 1. The largest absolute Gasteiger partial charge is 0.378 e. The van der Waals surface area contributed by atoms with Crippen LogP contribution in [0.1, 0.15) is 52.3 Å². The van der Waals surface area contributed by atoms with Crippen LogP contribution in [0, 0.1) is 11.8 Å². The average Bonchev–Trinajstić information content (AvgIpc) is 3.19. The van der Waals surface area contributed by atoms with Crippen LogP contribution in [-0.4, -0.2) is 30.5 Å². The quantitative estimate of drug-likeness (QED) is 0.710. The molecular weight excluding hydrogens is 312 g/mol. The fourth-order valence-corrected chi connectivity index (χ4v) is 2.98. The molecule has 130 valence electrons. The standard InChI is InChI=1S/C20H24N4O/c1-5-6-14(2)24-13-18(15-10-22-23-11-15)17-9-16(21-12-19(17)24)7-8-20(3,4)25/h9-14,25H,5-6H2,1-4H3,(H,22,23). The molecule has 0 aliphatic carbocycles. The molecule has 5 heteroatoms. The van der Waals surface area contributed by atoms with E-state index in [1.165, 1.54) is 0 Å². The van der Waals surface area contributed by atoms with Crippen LogP contribution in [0.3, 0.4) is 0 Å². The Hall–Kier alpha value is -2.58. The Labute approximate surface area is 148 Å². The average molecular weight is 336 g/mol. The van der Waals surface area contributed by atoms with Gasteiger partial charge in [0.05, 0.1) is 17.9 Å². The lowest BCUT2D eigenvalue weighted by Crippen LogP contribution is -2.14. The molecule has 0 saturated heterocycles. The summed E-state index contributed by atoms with van der Waals surface area (Å²) in [4.78, 5) is 4.48. The first-order chi connectivity index (χ1) is 11.9. The number of aromatic nitrogens is 4. The third kappa shape index (κ3) is 3.75. The van der Waals surface area contributed by atoms with E-state index in [1.807, 2.05) is 24.7 Å². The molecule has 1 atom stereocenters. The second kappa shape index (κ2) is 6.73. The van der Waals surface area contributed by atoms with E-state index >= 15 is 0 Å². The first kappa shape index (κ1) is 17.2. The molecule has 0 aliphatic rings. The van der Waals surface area contributed by atoms with Gasteiger partial charge in [-0.1, -0.05) is 19.3 Å². The molecule has 0 bridgehead atoms. The van der Waals surface area contributed by atoms with Gasteiger partial charge >= 0.3 is 0 Å². The summed E-state index contributed by atoms with van der Waals surface area (Å²) in [5.41, 5.74) is 2.86. The summed E-state index contributed by atoms with van der Waals surface area (Å²) in [5.74, 6) is 5.79.